The van der Waals surface area contributed by atoms with Crippen LogP contribution in [0.15, 0.2) is 39.9 Å². The smallest absolute Gasteiger partial charge is 0.332 e. The third-order valence-corrected chi connectivity index (χ3v) is 5.58. The minimum absolute atomic E-state index is 0.168. The Balaban J connectivity index is 1.90. The van der Waals surface area contributed by atoms with Gasteiger partial charge in [-0.2, -0.15) is 0 Å². The van der Waals surface area contributed by atoms with Gasteiger partial charge in [-0.05, 0) is 30.5 Å². The molecule has 29 heavy (non-hydrogen) atoms. The van der Waals surface area contributed by atoms with Gasteiger partial charge in [0.2, 0.25) is 0 Å². The van der Waals surface area contributed by atoms with Crippen molar-refractivity contribution < 1.29 is 9.53 Å². The first kappa shape index (κ1) is 19.2. The van der Waals surface area contributed by atoms with Crippen molar-refractivity contribution in [2.45, 2.75) is 19.4 Å². The molecule has 0 bridgehead atoms. The topological polar surface area (TPSA) is 78.5 Å². The van der Waals surface area contributed by atoms with Gasteiger partial charge >= 0.3 is 5.69 Å². The van der Waals surface area contributed by atoms with Crippen molar-refractivity contribution in [2.75, 3.05) is 25.2 Å². The van der Waals surface area contributed by atoms with E-state index in [2.05, 4.69) is 0 Å². The van der Waals surface area contributed by atoms with Crippen LogP contribution in [0, 0.1) is 0 Å². The Kier molecular flexibility index (Phi) is 4.87. The first-order chi connectivity index (χ1) is 14.0. The van der Waals surface area contributed by atoms with Crippen LogP contribution in [-0.2, 0) is 31.8 Å². The molecule has 3 aromatic rings. The number of para-hydroxylation sites is 1. The van der Waals surface area contributed by atoms with Crippen LogP contribution in [0.5, 0.6) is 0 Å². The molecular weight excluding hydrogens is 372 g/mol. The number of amides is 1. The zero-order chi connectivity index (χ0) is 20.7. The van der Waals surface area contributed by atoms with E-state index in [1.807, 2.05) is 24.3 Å². The van der Waals surface area contributed by atoms with Crippen LogP contribution in [0.25, 0.3) is 11.0 Å². The number of anilines is 1. The minimum Gasteiger partial charge on any atom is -0.385 e. The van der Waals surface area contributed by atoms with Gasteiger partial charge in [0.1, 0.15) is 11.3 Å². The summed E-state index contributed by atoms with van der Waals surface area (Å²) in [6, 6.07) is 9.46. The second-order valence-corrected chi connectivity index (χ2v) is 7.31. The largest absolute Gasteiger partial charge is 0.385 e. The van der Waals surface area contributed by atoms with E-state index in [-0.39, 0.29) is 5.91 Å². The second kappa shape index (κ2) is 7.36. The summed E-state index contributed by atoms with van der Waals surface area (Å²) in [5.41, 5.74) is 2.08. The van der Waals surface area contributed by atoms with E-state index < -0.39 is 11.2 Å². The molecule has 4 rings (SSSR count). The molecule has 0 saturated heterocycles. The lowest BCUT2D eigenvalue weighted by atomic mass is 10.2. The molecule has 0 aliphatic carbocycles. The average molecular weight is 396 g/mol. The first-order valence-electron chi connectivity index (χ1n) is 9.63. The lowest BCUT2D eigenvalue weighted by Crippen LogP contribution is -2.37. The number of carbonyl (C=O) groups is 1. The number of rotatable bonds is 5. The molecule has 0 spiro atoms. The van der Waals surface area contributed by atoms with Crippen LogP contribution in [-0.4, -0.2) is 39.9 Å². The number of ether oxygens (including phenoxy) is 1. The van der Waals surface area contributed by atoms with Gasteiger partial charge in [-0.25, -0.2) is 4.79 Å². The molecule has 0 fully saturated rings. The molecule has 1 amide bonds. The van der Waals surface area contributed by atoms with Crippen LogP contribution in [0.3, 0.4) is 0 Å². The molecule has 0 unspecified atom stereocenters. The molecule has 8 nitrogen and oxygen atoms in total. The number of methoxy groups -OCH3 is 1. The molecule has 0 N–H and O–H groups in total. The molecule has 1 aliphatic rings. The predicted octanol–water partition coefficient (Wildman–Crippen LogP) is 1.28. The van der Waals surface area contributed by atoms with Crippen LogP contribution < -0.4 is 16.1 Å². The highest BCUT2D eigenvalue weighted by Gasteiger charge is 2.29. The normalized spacial score (nSPS) is 13.3. The van der Waals surface area contributed by atoms with Crippen molar-refractivity contribution in [1.82, 2.24) is 13.7 Å². The molecule has 0 atom stereocenters. The average Bonchev–Trinajstić information content (AvgIpc) is 3.32. The molecular formula is C21H24N4O4. The summed E-state index contributed by atoms with van der Waals surface area (Å²) in [4.78, 5) is 40.5. The summed E-state index contributed by atoms with van der Waals surface area (Å²) in [5, 5.41) is 0.364. The number of aromatic nitrogens is 3. The predicted molar refractivity (Wildman–Crippen MR) is 111 cm³/mol. The summed E-state index contributed by atoms with van der Waals surface area (Å²) >= 11 is 0. The highest BCUT2D eigenvalue weighted by molar-refractivity contribution is 6.08. The van der Waals surface area contributed by atoms with Crippen LogP contribution >= 0.6 is 0 Å². The van der Waals surface area contributed by atoms with Crippen molar-refractivity contribution >= 4 is 22.6 Å². The first-order valence-corrected chi connectivity index (χ1v) is 9.63. The van der Waals surface area contributed by atoms with Gasteiger partial charge in [0.15, 0.2) is 0 Å². The number of hydrogen-bond acceptors (Lipinski definition) is 4. The quantitative estimate of drug-likeness (QED) is 0.609. The van der Waals surface area contributed by atoms with Crippen LogP contribution in [0.4, 0.5) is 5.69 Å². The summed E-state index contributed by atoms with van der Waals surface area (Å²) in [7, 11) is 4.69. The highest BCUT2D eigenvalue weighted by atomic mass is 16.5. The maximum Gasteiger partial charge on any atom is 0.332 e. The molecule has 1 aliphatic heterocycles. The Labute approximate surface area is 167 Å². The fourth-order valence-electron chi connectivity index (χ4n) is 4.10. The SMILES string of the molecule is COCCCn1c(C(=O)N2CCc3ccccc32)cc2c(=O)n(C)c(=O)n(C)c21. The molecule has 8 heteroatoms. The van der Waals surface area contributed by atoms with Gasteiger partial charge in [0.25, 0.3) is 11.5 Å². The van der Waals surface area contributed by atoms with Crippen LogP contribution in [0.1, 0.15) is 22.5 Å². The Morgan fingerprint density at radius 2 is 1.90 bits per heavy atom. The molecule has 0 saturated carbocycles. The zero-order valence-corrected chi connectivity index (χ0v) is 16.8. The number of fused-ring (bicyclic) bond motifs is 2. The standard InChI is InChI=1S/C21H24N4O4/c1-22-18-15(19(26)23(2)21(22)28)13-17(24(18)10-6-12-29-3)20(27)25-11-9-14-7-4-5-8-16(14)25/h4-5,7-8,13H,6,9-12H2,1-3H3. The summed E-state index contributed by atoms with van der Waals surface area (Å²) in [6.45, 7) is 1.57. The Bertz CT molecular complexity index is 1220. The maximum absolute atomic E-state index is 13.5. The number of nitrogens with zero attached hydrogens (tertiary/aromatic N) is 4. The third-order valence-electron chi connectivity index (χ3n) is 5.58. The molecule has 1 aromatic carbocycles. The van der Waals surface area contributed by atoms with Crippen molar-refractivity contribution in [1.29, 1.82) is 0 Å². The Hall–Kier alpha value is -3.13. The second-order valence-electron chi connectivity index (χ2n) is 7.31. The lowest BCUT2D eigenvalue weighted by molar-refractivity contribution is 0.0979. The summed E-state index contributed by atoms with van der Waals surface area (Å²) in [6.07, 6.45) is 1.45. The Morgan fingerprint density at radius 3 is 2.66 bits per heavy atom. The van der Waals surface area contributed by atoms with Gasteiger partial charge in [0, 0.05) is 46.6 Å². The number of aryl methyl sites for hydroxylation is 2. The molecule has 2 aromatic heterocycles. The van der Waals surface area contributed by atoms with E-state index in [1.54, 1.807) is 29.7 Å². The fourth-order valence-corrected chi connectivity index (χ4v) is 4.10. The third kappa shape index (κ3) is 3.00. The van der Waals surface area contributed by atoms with E-state index in [4.69, 9.17) is 4.74 Å². The monoisotopic (exact) mass is 396 g/mol. The number of hydrogen-bond donors (Lipinski definition) is 0. The van der Waals surface area contributed by atoms with Crippen molar-refractivity contribution in [3.63, 3.8) is 0 Å². The van der Waals surface area contributed by atoms with Gasteiger partial charge in [0.05, 0.1) is 5.39 Å². The minimum atomic E-state index is -0.417. The number of benzene rings is 1. The van der Waals surface area contributed by atoms with Gasteiger partial charge in [-0.1, -0.05) is 18.2 Å². The van der Waals surface area contributed by atoms with E-state index in [1.165, 1.54) is 11.6 Å². The van der Waals surface area contributed by atoms with Crippen molar-refractivity contribution in [3.8, 4) is 0 Å². The zero-order valence-electron chi connectivity index (χ0n) is 16.8. The summed E-state index contributed by atoms with van der Waals surface area (Å²) < 4.78 is 9.43. The Morgan fingerprint density at radius 1 is 1.14 bits per heavy atom. The van der Waals surface area contributed by atoms with Crippen molar-refractivity contribution in [2.24, 2.45) is 14.1 Å². The maximum atomic E-state index is 13.5. The number of carbonyl (C=O) groups excluding carboxylic acids is 1. The summed E-state index contributed by atoms with van der Waals surface area (Å²) in [5.74, 6) is -0.168. The fraction of sp³-hybridized carbons (Fsp3) is 0.381. The molecule has 152 valence electrons. The lowest BCUT2D eigenvalue weighted by Gasteiger charge is -2.19. The van der Waals surface area contributed by atoms with E-state index >= 15 is 0 Å². The highest BCUT2D eigenvalue weighted by Crippen LogP contribution is 2.30. The van der Waals surface area contributed by atoms with Crippen molar-refractivity contribution in [3.05, 3.63) is 62.4 Å². The van der Waals surface area contributed by atoms with Gasteiger partial charge < -0.3 is 14.2 Å². The molecule has 0 radical (unpaired) electrons. The van der Waals surface area contributed by atoms with Crippen LogP contribution in [0.2, 0.25) is 0 Å². The van der Waals surface area contributed by atoms with Gasteiger partial charge in [-0.15, -0.1) is 0 Å². The molecule has 3 heterocycles. The van der Waals surface area contributed by atoms with Gasteiger partial charge in [-0.3, -0.25) is 18.7 Å². The van der Waals surface area contributed by atoms with E-state index in [0.29, 0.717) is 42.8 Å². The van der Waals surface area contributed by atoms with E-state index in [0.717, 1.165) is 22.2 Å². The van der Waals surface area contributed by atoms with E-state index in [9.17, 15) is 14.4 Å².